The SMILES string of the molecule is C1=C/C(c2ccc3c(c2)sc2cc(-c4ccc5c(c4)c4ccc6sc7ccccc7c6c4n5-c4ccccc4)ccc23)=N\C(c2ccccc2)=N/C(c2ccccc2)=C/1. The van der Waals surface area contributed by atoms with Crippen LogP contribution in [0.3, 0.4) is 0 Å². The van der Waals surface area contributed by atoms with Crippen molar-refractivity contribution >= 4 is 102 Å². The number of benzene rings is 8. The Morgan fingerprint density at radius 3 is 1.83 bits per heavy atom. The Balaban J connectivity index is 0.963. The van der Waals surface area contributed by atoms with Crippen molar-refractivity contribution in [3.8, 4) is 16.8 Å². The fourth-order valence-electron chi connectivity index (χ4n) is 8.66. The Morgan fingerprint density at radius 2 is 1.03 bits per heavy atom. The van der Waals surface area contributed by atoms with Crippen LogP contribution in [0.5, 0.6) is 0 Å². The van der Waals surface area contributed by atoms with E-state index in [1.807, 2.05) is 59.1 Å². The second-order valence-electron chi connectivity index (χ2n) is 14.9. The number of rotatable bonds is 5. The summed E-state index contributed by atoms with van der Waals surface area (Å²) in [4.78, 5) is 10.3. The summed E-state index contributed by atoms with van der Waals surface area (Å²) in [6.07, 6.45) is 6.24. The van der Waals surface area contributed by atoms with Gasteiger partial charge in [0.15, 0.2) is 5.84 Å². The first-order chi connectivity index (χ1) is 29.2. The summed E-state index contributed by atoms with van der Waals surface area (Å²) in [7, 11) is 0. The zero-order valence-corrected chi connectivity index (χ0v) is 33.3. The van der Waals surface area contributed by atoms with E-state index >= 15 is 0 Å². The van der Waals surface area contributed by atoms with Crippen molar-refractivity contribution < 1.29 is 0 Å². The predicted octanol–water partition coefficient (Wildman–Crippen LogP) is 15.0. The number of allylic oxidation sites excluding steroid dienone is 3. The van der Waals surface area contributed by atoms with Gasteiger partial charge in [-0.15, -0.1) is 22.7 Å². The summed E-state index contributed by atoms with van der Waals surface area (Å²) in [6, 6.07) is 65.5. The molecule has 1 aliphatic heterocycles. The molecule has 276 valence electrons. The highest BCUT2D eigenvalue weighted by Crippen LogP contribution is 2.44. The van der Waals surface area contributed by atoms with Gasteiger partial charge in [-0.3, -0.25) is 0 Å². The lowest BCUT2D eigenvalue weighted by Crippen LogP contribution is -2.06. The summed E-state index contributed by atoms with van der Waals surface area (Å²) in [5.74, 6) is 0.693. The predicted molar refractivity (Wildman–Crippen MR) is 255 cm³/mol. The van der Waals surface area contributed by atoms with Crippen LogP contribution in [0.15, 0.2) is 210 Å². The van der Waals surface area contributed by atoms with E-state index < -0.39 is 0 Å². The zero-order chi connectivity index (χ0) is 38.9. The van der Waals surface area contributed by atoms with E-state index in [4.69, 9.17) is 9.98 Å². The van der Waals surface area contributed by atoms with Crippen LogP contribution in [-0.2, 0) is 0 Å². The number of amidine groups is 1. The number of hydrogen-bond acceptors (Lipinski definition) is 4. The average Bonchev–Trinajstić information content (AvgIpc) is 3.96. The van der Waals surface area contributed by atoms with Crippen LogP contribution >= 0.6 is 22.7 Å². The van der Waals surface area contributed by atoms with Gasteiger partial charge in [0, 0.05) is 73.5 Å². The van der Waals surface area contributed by atoms with Crippen molar-refractivity contribution in [3.05, 3.63) is 217 Å². The van der Waals surface area contributed by atoms with Crippen LogP contribution in [0.1, 0.15) is 16.7 Å². The molecular formula is C54H33N3S2. The molecule has 8 aromatic carbocycles. The summed E-state index contributed by atoms with van der Waals surface area (Å²) in [5, 5.41) is 7.70. The summed E-state index contributed by atoms with van der Waals surface area (Å²) in [5.41, 5.74) is 11.0. The number of thiophene rings is 2. The van der Waals surface area contributed by atoms with E-state index in [9.17, 15) is 0 Å². The van der Waals surface area contributed by atoms with E-state index in [0.717, 1.165) is 28.1 Å². The molecule has 0 spiro atoms. The standard InChI is InChI=1S/C54H33N3S2/c1-4-13-34(14-5-1)45-20-12-21-46(56-54(55-45)35-15-6-2-7-16-35)38-24-27-41-40-26-23-37(32-50(40)59-51(41)33-38)36-25-29-47-44(31-36)42-28-30-49-52(43-19-10-11-22-48(43)58-49)53(42)57(47)39-17-8-3-9-18-39/h1-33H/b20-12?,21-12+,45-20+,46-21?,55-45?,55-54-,56-46+,56-54?. The number of hydrogen-bond donors (Lipinski definition) is 0. The maximum absolute atomic E-state index is 5.20. The first-order valence-electron chi connectivity index (χ1n) is 19.8. The second kappa shape index (κ2) is 13.7. The molecule has 11 aromatic rings. The molecule has 12 rings (SSSR count). The third kappa shape index (κ3) is 5.70. The van der Waals surface area contributed by atoms with Gasteiger partial charge in [-0.25, -0.2) is 9.98 Å². The first-order valence-corrected chi connectivity index (χ1v) is 21.4. The number of aromatic nitrogens is 1. The normalized spacial score (nSPS) is 16.5. The third-order valence-electron chi connectivity index (χ3n) is 11.4. The minimum Gasteiger partial charge on any atom is -0.309 e. The molecule has 0 aliphatic carbocycles. The molecule has 1 aliphatic rings. The van der Waals surface area contributed by atoms with E-state index in [2.05, 4.69) is 168 Å². The van der Waals surface area contributed by atoms with Crippen LogP contribution in [0.2, 0.25) is 0 Å². The third-order valence-corrected chi connectivity index (χ3v) is 13.7. The van der Waals surface area contributed by atoms with Crippen molar-refractivity contribution in [1.29, 1.82) is 0 Å². The van der Waals surface area contributed by atoms with Crippen LogP contribution < -0.4 is 0 Å². The lowest BCUT2D eigenvalue weighted by atomic mass is 10.0. The summed E-state index contributed by atoms with van der Waals surface area (Å²) in [6.45, 7) is 0. The van der Waals surface area contributed by atoms with Gasteiger partial charge in [0.2, 0.25) is 0 Å². The zero-order valence-electron chi connectivity index (χ0n) is 31.7. The van der Waals surface area contributed by atoms with Crippen molar-refractivity contribution in [2.24, 2.45) is 9.98 Å². The second-order valence-corrected chi connectivity index (χ2v) is 17.1. The molecule has 0 amide bonds. The van der Waals surface area contributed by atoms with Gasteiger partial charge >= 0.3 is 0 Å². The van der Waals surface area contributed by atoms with Crippen molar-refractivity contribution in [2.45, 2.75) is 0 Å². The number of para-hydroxylation sites is 1. The number of nitrogens with zero attached hydrogens (tertiary/aromatic N) is 3. The van der Waals surface area contributed by atoms with E-state index in [1.54, 1.807) is 0 Å². The molecule has 0 saturated heterocycles. The Labute approximate surface area is 348 Å². The number of fused-ring (bicyclic) bond motifs is 10. The monoisotopic (exact) mass is 787 g/mol. The maximum atomic E-state index is 5.20. The maximum Gasteiger partial charge on any atom is 0.160 e. The molecular weight excluding hydrogens is 755 g/mol. The minimum atomic E-state index is 0.693. The molecule has 0 bridgehead atoms. The molecule has 0 unspecified atom stereocenters. The van der Waals surface area contributed by atoms with Gasteiger partial charge in [0.25, 0.3) is 0 Å². The lowest BCUT2D eigenvalue weighted by molar-refractivity contribution is 1.19. The quantitative estimate of drug-likeness (QED) is 0.166. The fraction of sp³-hybridized carbons (Fsp3) is 0. The molecule has 0 radical (unpaired) electrons. The molecule has 0 N–H and O–H groups in total. The van der Waals surface area contributed by atoms with Gasteiger partial charge in [-0.1, -0.05) is 140 Å². The van der Waals surface area contributed by atoms with Gasteiger partial charge in [0.1, 0.15) is 0 Å². The first kappa shape index (κ1) is 33.9. The molecule has 0 saturated carbocycles. The van der Waals surface area contributed by atoms with Crippen molar-refractivity contribution in [3.63, 3.8) is 0 Å². The smallest absolute Gasteiger partial charge is 0.160 e. The average molecular weight is 788 g/mol. The van der Waals surface area contributed by atoms with E-state index in [1.165, 1.54) is 79.0 Å². The van der Waals surface area contributed by atoms with Crippen LogP contribution in [-0.4, -0.2) is 16.1 Å². The van der Waals surface area contributed by atoms with Gasteiger partial charge in [-0.2, -0.15) is 0 Å². The largest absolute Gasteiger partial charge is 0.309 e. The van der Waals surface area contributed by atoms with Gasteiger partial charge in [0.05, 0.1) is 22.4 Å². The molecule has 5 heteroatoms. The van der Waals surface area contributed by atoms with Crippen molar-refractivity contribution in [2.75, 3.05) is 0 Å². The highest BCUT2D eigenvalue weighted by atomic mass is 32.1. The van der Waals surface area contributed by atoms with Gasteiger partial charge < -0.3 is 4.57 Å². The molecule has 0 fully saturated rings. The minimum absolute atomic E-state index is 0.693. The number of aliphatic imine (C=N–C) groups is 2. The van der Waals surface area contributed by atoms with E-state index in [-0.39, 0.29) is 0 Å². The highest BCUT2D eigenvalue weighted by Gasteiger charge is 2.19. The Hall–Kier alpha value is -7.18. The molecule has 3 nitrogen and oxygen atoms in total. The Kier molecular flexibility index (Phi) is 7.90. The van der Waals surface area contributed by atoms with Crippen LogP contribution in [0, 0.1) is 0 Å². The molecule has 0 atom stereocenters. The topological polar surface area (TPSA) is 29.6 Å². The molecule has 4 heterocycles. The van der Waals surface area contributed by atoms with E-state index in [0.29, 0.717) is 5.84 Å². The van der Waals surface area contributed by atoms with Crippen molar-refractivity contribution in [1.82, 2.24) is 4.57 Å². The summed E-state index contributed by atoms with van der Waals surface area (Å²) < 4.78 is 7.60. The Bertz CT molecular complexity index is 3580. The lowest BCUT2D eigenvalue weighted by Gasteiger charge is -2.10. The molecule has 3 aromatic heterocycles. The van der Waals surface area contributed by atoms with Gasteiger partial charge in [-0.05, 0) is 71.8 Å². The summed E-state index contributed by atoms with van der Waals surface area (Å²) >= 11 is 3.71. The Morgan fingerprint density at radius 1 is 0.407 bits per heavy atom. The highest BCUT2D eigenvalue weighted by molar-refractivity contribution is 7.26. The van der Waals surface area contributed by atoms with Crippen LogP contribution in [0.4, 0.5) is 0 Å². The fourth-order valence-corrected chi connectivity index (χ4v) is 11.0. The van der Waals surface area contributed by atoms with Crippen LogP contribution in [0.25, 0.3) is 84.7 Å². The molecule has 59 heavy (non-hydrogen) atoms.